The van der Waals surface area contributed by atoms with Crippen LogP contribution in [0.4, 0.5) is 18.9 Å². The fraction of sp³-hybridized carbons (Fsp3) is 0.500. The number of carbonyl (C=O) groups excluding carboxylic acids is 3. The molecule has 5 nitrogen and oxygen atoms in total. The van der Waals surface area contributed by atoms with Gasteiger partial charge in [-0.15, -0.1) is 0 Å². The molecule has 26 heavy (non-hydrogen) atoms. The first kappa shape index (κ1) is 18.4. The van der Waals surface area contributed by atoms with E-state index in [0.29, 0.717) is 12.8 Å². The lowest BCUT2D eigenvalue weighted by Gasteiger charge is -2.19. The maximum absolute atomic E-state index is 13.0. The standard InChI is InChI=1S/C18H19F3N2O3/c1-10-6-7-11(8-14(10)18(19,20)21)22-15(24)9-23-16(25)12-4-2-3-5-13(12)17(23)26/h6-8,12-13H,2-5,9H2,1H3,(H,22,24). The Hall–Kier alpha value is -2.38. The summed E-state index contributed by atoms with van der Waals surface area (Å²) in [4.78, 5) is 37.8. The SMILES string of the molecule is Cc1ccc(NC(=O)CN2C(=O)C3CCCCC3C2=O)cc1C(F)(F)F. The molecule has 0 radical (unpaired) electrons. The van der Waals surface area contributed by atoms with Crippen molar-refractivity contribution in [2.24, 2.45) is 11.8 Å². The second-order valence-electron chi connectivity index (χ2n) is 6.84. The minimum absolute atomic E-state index is 0.0237. The first-order chi connectivity index (χ1) is 12.2. The highest BCUT2D eigenvalue weighted by Crippen LogP contribution is 2.38. The number of amides is 3. The zero-order valence-electron chi connectivity index (χ0n) is 14.2. The molecule has 1 aromatic carbocycles. The zero-order chi connectivity index (χ0) is 19.1. The van der Waals surface area contributed by atoms with E-state index in [9.17, 15) is 27.6 Å². The van der Waals surface area contributed by atoms with Crippen LogP contribution < -0.4 is 5.32 Å². The van der Waals surface area contributed by atoms with Crippen LogP contribution in [0.1, 0.15) is 36.8 Å². The van der Waals surface area contributed by atoms with Crippen LogP contribution in [0.3, 0.4) is 0 Å². The van der Waals surface area contributed by atoms with Gasteiger partial charge < -0.3 is 5.32 Å². The number of fused-ring (bicyclic) bond motifs is 1. The second-order valence-corrected chi connectivity index (χ2v) is 6.84. The number of nitrogens with zero attached hydrogens (tertiary/aromatic N) is 1. The van der Waals surface area contributed by atoms with Gasteiger partial charge in [-0.2, -0.15) is 13.2 Å². The number of anilines is 1. The number of rotatable bonds is 3. The van der Waals surface area contributed by atoms with E-state index in [2.05, 4.69) is 5.32 Å². The molecule has 1 aliphatic heterocycles. The van der Waals surface area contributed by atoms with Crippen LogP contribution in [0.25, 0.3) is 0 Å². The molecule has 1 saturated heterocycles. The highest BCUT2D eigenvalue weighted by atomic mass is 19.4. The number of benzene rings is 1. The van der Waals surface area contributed by atoms with E-state index >= 15 is 0 Å². The Morgan fingerprint density at radius 1 is 1.15 bits per heavy atom. The maximum atomic E-state index is 13.0. The predicted molar refractivity (Wildman–Crippen MR) is 87.0 cm³/mol. The predicted octanol–water partition coefficient (Wildman–Crippen LogP) is 3.13. The molecule has 2 aliphatic rings. The number of hydrogen-bond acceptors (Lipinski definition) is 3. The number of hydrogen-bond donors (Lipinski definition) is 1. The summed E-state index contributed by atoms with van der Waals surface area (Å²) in [6.45, 7) is 0.859. The Morgan fingerprint density at radius 2 is 1.73 bits per heavy atom. The van der Waals surface area contributed by atoms with Crippen molar-refractivity contribution in [1.82, 2.24) is 4.90 Å². The largest absolute Gasteiger partial charge is 0.416 e. The summed E-state index contributed by atoms with van der Waals surface area (Å²) in [6.07, 6.45) is -1.49. The molecule has 0 bridgehead atoms. The summed E-state index contributed by atoms with van der Waals surface area (Å²) < 4.78 is 38.9. The number of imide groups is 1. The first-order valence-electron chi connectivity index (χ1n) is 8.51. The number of alkyl halides is 3. The number of nitrogens with one attached hydrogen (secondary N) is 1. The van der Waals surface area contributed by atoms with Gasteiger partial charge in [0.1, 0.15) is 6.54 Å². The minimum atomic E-state index is -4.53. The van der Waals surface area contributed by atoms with Crippen molar-refractivity contribution in [2.75, 3.05) is 11.9 Å². The van der Waals surface area contributed by atoms with Crippen molar-refractivity contribution in [1.29, 1.82) is 0 Å². The normalized spacial score (nSPS) is 23.2. The van der Waals surface area contributed by atoms with E-state index in [-0.39, 0.29) is 34.9 Å². The monoisotopic (exact) mass is 368 g/mol. The molecule has 1 aliphatic carbocycles. The molecule has 0 spiro atoms. The summed E-state index contributed by atoms with van der Waals surface area (Å²) in [7, 11) is 0. The summed E-state index contributed by atoms with van der Waals surface area (Å²) in [6, 6.07) is 3.47. The molecule has 1 heterocycles. The molecule has 2 unspecified atom stereocenters. The van der Waals surface area contributed by atoms with Crippen LogP contribution in [0.2, 0.25) is 0 Å². The van der Waals surface area contributed by atoms with E-state index in [1.54, 1.807) is 0 Å². The molecular formula is C18H19F3N2O3. The smallest absolute Gasteiger partial charge is 0.325 e. The Morgan fingerprint density at radius 3 is 2.27 bits per heavy atom. The van der Waals surface area contributed by atoms with Crippen molar-refractivity contribution < 1.29 is 27.6 Å². The lowest BCUT2D eigenvalue weighted by molar-refractivity contribution is -0.142. The van der Waals surface area contributed by atoms with Gasteiger partial charge in [0, 0.05) is 5.69 Å². The topological polar surface area (TPSA) is 66.5 Å². The van der Waals surface area contributed by atoms with Crippen molar-refractivity contribution in [3.05, 3.63) is 29.3 Å². The molecule has 0 aromatic heterocycles. The molecule has 3 rings (SSSR count). The molecule has 1 aromatic rings. The van der Waals surface area contributed by atoms with Crippen LogP contribution in [0.15, 0.2) is 18.2 Å². The quantitative estimate of drug-likeness (QED) is 0.834. The lowest BCUT2D eigenvalue weighted by atomic mass is 9.81. The van der Waals surface area contributed by atoms with Crippen molar-refractivity contribution in [3.63, 3.8) is 0 Å². The van der Waals surface area contributed by atoms with Crippen LogP contribution in [0.5, 0.6) is 0 Å². The Labute approximate surface area is 148 Å². The third kappa shape index (κ3) is 3.45. The van der Waals surface area contributed by atoms with Gasteiger partial charge in [0.2, 0.25) is 17.7 Å². The molecule has 8 heteroatoms. The summed E-state index contributed by atoms with van der Waals surface area (Å²) in [5.74, 6) is -2.12. The van der Waals surface area contributed by atoms with Gasteiger partial charge in [0.25, 0.3) is 0 Å². The molecular weight excluding hydrogens is 349 g/mol. The number of aryl methyl sites for hydroxylation is 1. The summed E-state index contributed by atoms with van der Waals surface area (Å²) in [5.41, 5.74) is -0.816. The molecule has 3 amide bonds. The fourth-order valence-corrected chi connectivity index (χ4v) is 3.74. The van der Waals surface area contributed by atoms with Crippen molar-refractivity contribution >= 4 is 23.4 Å². The third-order valence-corrected chi connectivity index (χ3v) is 5.06. The van der Waals surface area contributed by atoms with Gasteiger partial charge >= 0.3 is 6.18 Å². The van der Waals surface area contributed by atoms with Gasteiger partial charge in [0.05, 0.1) is 17.4 Å². The Balaban J connectivity index is 1.70. The molecule has 140 valence electrons. The van der Waals surface area contributed by atoms with E-state index in [1.807, 2.05) is 0 Å². The van der Waals surface area contributed by atoms with Crippen LogP contribution in [-0.4, -0.2) is 29.2 Å². The maximum Gasteiger partial charge on any atom is 0.416 e. The van der Waals surface area contributed by atoms with Gasteiger partial charge in [-0.05, 0) is 37.5 Å². The fourth-order valence-electron chi connectivity index (χ4n) is 3.74. The number of carbonyl (C=O) groups is 3. The summed E-state index contributed by atoms with van der Waals surface area (Å²) >= 11 is 0. The van der Waals surface area contributed by atoms with E-state index in [0.717, 1.165) is 23.8 Å². The average Bonchev–Trinajstić information content (AvgIpc) is 2.81. The average molecular weight is 368 g/mol. The number of halogens is 3. The van der Waals surface area contributed by atoms with E-state index in [4.69, 9.17) is 0 Å². The minimum Gasteiger partial charge on any atom is -0.325 e. The molecule has 1 N–H and O–H groups in total. The van der Waals surface area contributed by atoms with Gasteiger partial charge in [-0.3, -0.25) is 19.3 Å². The second kappa shape index (κ2) is 6.74. The van der Waals surface area contributed by atoms with Gasteiger partial charge in [-0.1, -0.05) is 18.9 Å². The van der Waals surface area contributed by atoms with E-state index in [1.165, 1.54) is 19.1 Å². The lowest BCUT2D eigenvalue weighted by Crippen LogP contribution is -2.38. The molecule has 2 atom stereocenters. The Kier molecular flexibility index (Phi) is 4.77. The highest BCUT2D eigenvalue weighted by Gasteiger charge is 2.48. The van der Waals surface area contributed by atoms with Crippen LogP contribution in [0, 0.1) is 18.8 Å². The first-order valence-corrected chi connectivity index (χ1v) is 8.51. The molecule has 1 saturated carbocycles. The summed E-state index contributed by atoms with van der Waals surface area (Å²) in [5, 5.41) is 2.35. The van der Waals surface area contributed by atoms with Gasteiger partial charge in [0.15, 0.2) is 0 Å². The number of likely N-dealkylation sites (tertiary alicyclic amines) is 1. The van der Waals surface area contributed by atoms with Crippen molar-refractivity contribution in [3.8, 4) is 0 Å². The van der Waals surface area contributed by atoms with Gasteiger partial charge in [-0.25, -0.2) is 0 Å². The van der Waals surface area contributed by atoms with E-state index < -0.39 is 24.2 Å². The third-order valence-electron chi connectivity index (χ3n) is 5.06. The highest BCUT2D eigenvalue weighted by molar-refractivity contribution is 6.08. The van der Waals surface area contributed by atoms with Crippen molar-refractivity contribution in [2.45, 2.75) is 38.8 Å². The van der Waals surface area contributed by atoms with Crippen LogP contribution in [-0.2, 0) is 20.6 Å². The zero-order valence-corrected chi connectivity index (χ0v) is 14.2. The molecule has 2 fully saturated rings. The van der Waals surface area contributed by atoms with Crippen LogP contribution >= 0.6 is 0 Å². The Bertz CT molecular complexity index is 737.